The lowest BCUT2D eigenvalue weighted by molar-refractivity contribution is 0.0944. The van der Waals surface area contributed by atoms with Crippen LogP contribution in [0.4, 0.5) is 0 Å². The maximum absolute atomic E-state index is 13.0. The van der Waals surface area contributed by atoms with Crippen molar-refractivity contribution in [2.75, 3.05) is 0 Å². The number of fused-ring (bicyclic) bond motifs is 1. The molecule has 0 radical (unpaired) electrons. The lowest BCUT2D eigenvalue weighted by Crippen LogP contribution is -2.25. The molecule has 0 aliphatic heterocycles. The molecule has 3 heterocycles. The monoisotopic (exact) mass is 428 g/mol. The Morgan fingerprint density at radius 1 is 1.06 bits per heavy atom. The second-order valence-corrected chi connectivity index (χ2v) is 8.32. The highest BCUT2D eigenvalue weighted by molar-refractivity contribution is 7.20. The van der Waals surface area contributed by atoms with Crippen molar-refractivity contribution < 1.29 is 4.79 Å². The molecular weight excluding hydrogens is 408 g/mol. The third-order valence-electron chi connectivity index (χ3n) is 5.19. The molecule has 0 aliphatic carbocycles. The van der Waals surface area contributed by atoms with Gasteiger partial charge < -0.3 is 5.32 Å². The van der Waals surface area contributed by atoms with Crippen molar-refractivity contribution in [2.45, 2.75) is 19.9 Å². The van der Waals surface area contributed by atoms with E-state index in [2.05, 4.69) is 20.5 Å². The lowest BCUT2D eigenvalue weighted by atomic mass is 10.1. The number of thiophene rings is 1. The van der Waals surface area contributed by atoms with E-state index in [0.717, 1.165) is 32.8 Å². The molecule has 154 valence electrons. The maximum atomic E-state index is 13.0. The summed E-state index contributed by atoms with van der Waals surface area (Å²) in [6.07, 6.45) is 3.15. The van der Waals surface area contributed by atoms with Crippen molar-refractivity contribution in [2.24, 2.45) is 0 Å². The predicted molar refractivity (Wildman–Crippen MR) is 121 cm³/mol. The van der Waals surface area contributed by atoms with Gasteiger partial charge in [0.15, 0.2) is 0 Å². The zero-order valence-electron chi connectivity index (χ0n) is 17.1. The molecule has 31 heavy (non-hydrogen) atoms. The van der Waals surface area contributed by atoms with E-state index in [0.29, 0.717) is 4.88 Å². The van der Waals surface area contributed by atoms with E-state index in [1.807, 2.05) is 79.2 Å². The van der Waals surface area contributed by atoms with Crippen LogP contribution in [0, 0.1) is 6.92 Å². The second-order valence-electron chi connectivity index (χ2n) is 7.29. The van der Waals surface area contributed by atoms with Crippen LogP contribution in [0.1, 0.15) is 33.9 Å². The summed E-state index contributed by atoms with van der Waals surface area (Å²) in [6, 6.07) is 19.7. The summed E-state index contributed by atoms with van der Waals surface area (Å²) in [4.78, 5) is 18.6. The van der Waals surface area contributed by atoms with Crippen LogP contribution in [-0.2, 0) is 0 Å². The first kappa shape index (κ1) is 19.2. The number of nitrogens with zero attached hydrogens (tertiary/aromatic N) is 5. The predicted octanol–water partition coefficient (Wildman–Crippen LogP) is 4.47. The van der Waals surface area contributed by atoms with Gasteiger partial charge in [-0.3, -0.25) is 4.79 Å². The second kappa shape index (κ2) is 7.81. The van der Waals surface area contributed by atoms with Gasteiger partial charge in [-0.1, -0.05) is 30.3 Å². The third-order valence-corrected chi connectivity index (χ3v) is 6.30. The summed E-state index contributed by atoms with van der Waals surface area (Å²) in [7, 11) is 0. The van der Waals surface area contributed by atoms with Gasteiger partial charge in [0.2, 0.25) is 0 Å². The number of hydrogen-bond donors (Lipinski definition) is 1. The summed E-state index contributed by atoms with van der Waals surface area (Å²) in [5.74, 6) is -0.0898. The molecule has 0 fully saturated rings. The van der Waals surface area contributed by atoms with Crippen LogP contribution in [0.3, 0.4) is 0 Å². The van der Waals surface area contributed by atoms with Gasteiger partial charge in [0.05, 0.1) is 28.0 Å². The summed E-state index contributed by atoms with van der Waals surface area (Å²) < 4.78 is 3.60. The topological polar surface area (TPSA) is 77.6 Å². The Kier molecular flexibility index (Phi) is 4.83. The third kappa shape index (κ3) is 3.62. The molecule has 7 nitrogen and oxygen atoms in total. The van der Waals surface area contributed by atoms with E-state index >= 15 is 0 Å². The lowest BCUT2D eigenvalue weighted by Gasteiger charge is -2.14. The highest BCUT2D eigenvalue weighted by atomic mass is 32.1. The first-order valence-electron chi connectivity index (χ1n) is 9.90. The average molecular weight is 429 g/mol. The normalized spacial score (nSPS) is 12.2. The van der Waals surface area contributed by atoms with Crippen molar-refractivity contribution in [3.05, 3.63) is 89.5 Å². The molecule has 3 aromatic heterocycles. The standard InChI is InChI=1S/C23H20N6OS/c1-15(17-8-10-18(11-9-17)28-14-24-13-25-28)26-22(30)21-12-20-16(2)27-29(23(20)31-21)19-6-4-3-5-7-19/h3-15H,1-2H3,(H,26,30). The van der Waals surface area contributed by atoms with Gasteiger partial charge in [-0.15, -0.1) is 11.3 Å². The Labute approximate surface area is 183 Å². The van der Waals surface area contributed by atoms with Crippen LogP contribution in [0.5, 0.6) is 0 Å². The maximum Gasteiger partial charge on any atom is 0.261 e. The van der Waals surface area contributed by atoms with Crippen molar-refractivity contribution >= 4 is 27.5 Å². The SMILES string of the molecule is Cc1nn(-c2ccccc2)c2sc(C(=O)NC(C)c3ccc(-n4cncn4)cc3)cc12. The minimum Gasteiger partial charge on any atom is -0.345 e. The van der Waals surface area contributed by atoms with Crippen LogP contribution in [-0.4, -0.2) is 30.5 Å². The van der Waals surface area contributed by atoms with E-state index in [1.165, 1.54) is 17.7 Å². The first-order chi connectivity index (χ1) is 15.1. The Morgan fingerprint density at radius 3 is 2.55 bits per heavy atom. The number of amides is 1. The highest BCUT2D eigenvalue weighted by Crippen LogP contribution is 2.30. The summed E-state index contributed by atoms with van der Waals surface area (Å²) >= 11 is 1.46. The molecule has 1 amide bonds. The molecule has 2 aromatic carbocycles. The fourth-order valence-corrected chi connectivity index (χ4v) is 4.60. The van der Waals surface area contributed by atoms with Gasteiger partial charge in [-0.2, -0.15) is 10.2 Å². The minimum absolute atomic E-state index is 0.0898. The molecule has 0 spiro atoms. The quantitative estimate of drug-likeness (QED) is 0.448. The number of benzene rings is 2. The number of hydrogen-bond acceptors (Lipinski definition) is 5. The largest absolute Gasteiger partial charge is 0.345 e. The number of nitrogens with one attached hydrogen (secondary N) is 1. The van der Waals surface area contributed by atoms with Gasteiger partial charge in [-0.05, 0) is 49.7 Å². The number of carbonyl (C=O) groups is 1. The fraction of sp³-hybridized carbons (Fsp3) is 0.130. The van der Waals surface area contributed by atoms with Crippen molar-refractivity contribution in [3.8, 4) is 11.4 Å². The van der Waals surface area contributed by atoms with E-state index in [9.17, 15) is 4.79 Å². The van der Waals surface area contributed by atoms with Gasteiger partial charge in [-0.25, -0.2) is 14.3 Å². The Morgan fingerprint density at radius 2 is 1.84 bits per heavy atom. The number of carbonyl (C=O) groups excluding carboxylic acids is 1. The van der Waals surface area contributed by atoms with Crippen molar-refractivity contribution in [1.29, 1.82) is 0 Å². The molecule has 1 atom stereocenters. The van der Waals surface area contributed by atoms with Crippen LogP contribution in [0.2, 0.25) is 0 Å². The molecule has 5 aromatic rings. The fourth-order valence-electron chi connectivity index (χ4n) is 3.51. The van der Waals surface area contributed by atoms with Crippen LogP contribution < -0.4 is 5.32 Å². The van der Waals surface area contributed by atoms with Gasteiger partial charge in [0.1, 0.15) is 17.5 Å². The molecule has 0 saturated heterocycles. The van der Waals surface area contributed by atoms with Gasteiger partial charge in [0, 0.05) is 5.39 Å². The summed E-state index contributed by atoms with van der Waals surface area (Å²) in [5, 5.41) is 12.9. The van der Waals surface area contributed by atoms with Crippen molar-refractivity contribution in [1.82, 2.24) is 29.9 Å². The number of rotatable bonds is 5. The van der Waals surface area contributed by atoms with Crippen molar-refractivity contribution in [3.63, 3.8) is 0 Å². The van der Waals surface area contributed by atoms with E-state index in [-0.39, 0.29) is 11.9 Å². The molecule has 8 heteroatoms. The molecule has 1 unspecified atom stereocenters. The zero-order valence-corrected chi connectivity index (χ0v) is 17.9. The van der Waals surface area contributed by atoms with E-state index in [4.69, 9.17) is 0 Å². The molecule has 5 rings (SSSR count). The Hall–Kier alpha value is -3.78. The van der Waals surface area contributed by atoms with Crippen LogP contribution >= 0.6 is 11.3 Å². The minimum atomic E-state index is -0.130. The average Bonchev–Trinajstić information content (AvgIpc) is 3.53. The number of para-hydroxylation sites is 1. The van der Waals surface area contributed by atoms with Crippen LogP contribution in [0.25, 0.3) is 21.6 Å². The Bertz CT molecular complexity index is 1340. The van der Waals surface area contributed by atoms with E-state index in [1.54, 1.807) is 11.0 Å². The molecular formula is C23H20N6OS. The highest BCUT2D eigenvalue weighted by Gasteiger charge is 2.19. The van der Waals surface area contributed by atoms with Gasteiger partial charge >= 0.3 is 0 Å². The smallest absolute Gasteiger partial charge is 0.261 e. The Balaban J connectivity index is 1.36. The molecule has 0 aliphatic rings. The first-order valence-corrected chi connectivity index (χ1v) is 10.7. The van der Waals surface area contributed by atoms with Crippen LogP contribution in [0.15, 0.2) is 73.3 Å². The summed E-state index contributed by atoms with van der Waals surface area (Å²) in [6.45, 7) is 3.95. The zero-order chi connectivity index (χ0) is 21.4. The number of aromatic nitrogens is 5. The molecule has 0 saturated carbocycles. The van der Waals surface area contributed by atoms with Gasteiger partial charge in [0.25, 0.3) is 5.91 Å². The molecule has 1 N–H and O–H groups in total. The van der Waals surface area contributed by atoms with E-state index < -0.39 is 0 Å². The number of aryl methyl sites for hydroxylation is 1. The summed E-state index contributed by atoms with van der Waals surface area (Å²) in [5.41, 5.74) is 3.83. The molecule has 0 bridgehead atoms.